The third-order valence-electron chi connectivity index (χ3n) is 13.9. The predicted octanol–water partition coefficient (Wildman–Crippen LogP) is 16.9. The van der Waals surface area contributed by atoms with Gasteiger partial charge in [-0.05, 0) is 118 Å². The maximum absolute atomic E-state index is 6.36. The summed E-state index contributed by atoms with van der Waals surface area (Å²) < 4.78 is 11.3. The Morgan fingerprint density at radius 3 is 1.71 bits per heavy atom. The molecule has 0 saturated heterocycles. The van der Waals surface area contributed by atoms with Crippen LogP contribution in [0.4, 0.5) is 17.1 Å². The molecule has 4 heteroatoms. The molecule has 3 aromatic heterocycles. The number of hydrogen-bond donors (Lipinski definition) is 0. The number of furan rings is 1. The highest BCUT2D eigenvalue weighted by atomic mass is 32.1. The third-order valence-corrected chi connectivity index (χ3v) is 15.0. The number of anilines is 3. The molecule has 0 radical (unpaired) electrons. The lowest BCUT2D eigenvalue weighted by Gasteiger charge is -2.34. The Morgan fingerprint density at radius 1 is 0.369 bits per heavy atom. The van der Waals surface area contributed by atoms with Gasteiger partial charge in [-0.2, -0.15) is 0 Å². The van der Waals surface area contributed by atoms with Crippen LogP contribution in [0.5, 0.6) is 0 Å². The quantitative estimate of drug-likeness (QED) is 0.166. The average Bonchev–Trinajstić information content (AvgIpc) is 4.11. The molecule has 1 aliphatic carbocycles. The highest BCUT2D eigenvalue weighted by molar-refractivity contribution is 7.25. The van der Waals surface area contributed by atoms with Crippen LogP contribution in [-0.4, -0.2) is 4.57 Å². The van der Waals surface area contributed by atoms with Gasteiger partial charge in [0.1, 0.15) is 11.2 Å². The molecule has 3 heterocycles. The van der Waals surface area contributed by atoms with E-state index in [1.807, 2.05) is 17.4 Å². The van der Waals surface area contributed by atoms with Crippen LogP contribution in [0.25, 0.3) is 80.7 Å². The van der Waals surface area contributed by atoms with Gasteiger partial charge in [0.2, 0.25) is 0 Å². The molecule has 1 aliphatic rings. The monoisotopic (exact) mass is 846 g/mol. The van der Waals surface area contributed by atoms with Crippen molar-refractivity contribution in [1.82, 2.24) is 4.57 Å². The zero-order valence-electron chi connectivity index (χ0n) is 35.2. The van der Waals surface area contributed by atoms with Crippen LogP contribution < -0.4 is 4.90 Å². The summed E-state index contributed by atoms with van der Waals surface area (Å²) in [5.74, 6) is 0. The topological polar surface area (TPSA) is 21.3 Å². The molecule has 0 unspecified atom stereocenters. The number of thiophene rings is 1. The zero-order chi connectivity index (χ0) is 42.6. The molecule has 0 amide bonds. The minimum atomic E-state index is -0.518. The number of nitrogens with zero attached hydrogens (tertiary/aromatic N) is 2. The first kappa shape index (κ1) is 36.3. The second-order valence-corrected chi connectivity index (χ2v) is 18.3. The summed E-state index contributed by atoms with van der Waals surface area (Å²) in [6.45, 7) is 0. The maximum Gasteiger partial charge on any atom is 0.135 e. The van der Waals surface area contributed by atoms with E-state index in [4.69, 9.17) is 4.42 Å². The maximum atomic E-state index is 6.36. The van der Waals surface area contributed by atoms with Crippen molar-refractivity contribution in [2.75, 3.05) is 4.90 Å². The first-order valence-electron chi connectivity index (χ1n) is 22.2. The first-order valence-corrected chi connectivity index (χ1v) is 23.1. The molecule has 3 nitrogen and oxygen atoms in total. The zero-order valence-corrected chi connectivity index (χ0v) is 36.0. The standard InChI is InChI=1S/C61H38N2OS/c1-3-15-39(16-4-1)61(53-23-11-7-19-45(53)46-20-8-12-24-54(46)61)40-27-32-55-50(35-40)51-36-42(29-33-56(51)63(55)41-17-5-2-6-18-41)62(43-30-34-58-52(37-43)47-21-9-13-25-57(47)64-58)44-28-31-49-48-22-10-14-26-59(48)65-60(49)38-44/h1-38H. The summed E-state index contributed by atoms with van der Waals surface area (Å²) in [4.78, 5) is 2.43. The Labute approximate surface area is 379 Å². The molecule has 304 valence electrons. The fourth-order valence-corrected chi connectivity index (χ4v) is 12.2. The number of para-hydroxylation sites is 2. The van der Waals surface area contributed by atoms with Gasteiger partial charge in [0.05, 0.1) is 16.4 Å². The van der Waals surface area contributed by atoms with Crippen LogP contribution in [0.15, 0.2) is 235 Å². The van der Waals surface area contributed by atoms with Crippen LogP contribution in [0.1, 0.15) is 22.3 Å². The minimum Gasteiger partial charge on any atom is -0.456 e. The van der Waals surface area contributed by atoms with E-state index < -0.39 is 5.41 Å². The van der Waals surface area contributed by atoms with Gasteiger partial charge in [0.25, 0.3) is 0 Å². The number of hydrogen-bond acceptors (Lipinski definition) is 3. The number of rotatable bonds is 6. The average molecular weight is 847 g/mol. The van der Waals surface area contributed by atoms with E-state index in [1.165, 1.54) is 69.8 Å². The van der Waals surface area contributed by atoms with E-state index in [0.717, 1.165) is 50.2 Å². The highest BCUT2D eigenvalue weighted by Crippen LogP contribution is 2.57. The van der Waals surface area contributed by atoms with E-state index >= 15 is 0 Å². The van der Waals surface area contributed by atoms with Crippen molar-refractivity contribution in [2.24, 2.45) is 0 Å². The summed E-state index contributed by atoms with van der Waals surface area (Å²) in [5.41, 5.74) is 15.7. The van der Waals surface area contributed by atoms with Gasteiger partial charge in [0, 0.05) is 64.5 Å². The van der Waals surface area contributed by atoms with E-state index in [9.17, 15) is 0 Å². The number of fused-ring (bicyclic) bond motifs is 12. The molecule has 65 heavy (non-hydrogen) atoms. The van der Waals surface area contributed by atoms with Gasteiger partial charge in [0.15, 0.2) is 0 Å². The lowest BCUT2D eigenvalue weighted by atomic mass is 9.67. The number of benzene rings is 10. The molecule has 0 saturated carbocycles. The summed E-state index contributed by atoms with van der Waals surface area (Å²) >= 11 is 1.85. The molecular weight excluding hydrogens is 809 g/mol. The molecule has 0 bridgehead atoms. The molecule has 14 rings (SSSR count). The molecule has 10 aromatic carbocycles. The normalized spacial score (nSPS) is 13.0. The molecule has 13 aromatic rings. The van der Waals surface area contributed by atoms with Gasteiger partial charge in [-0.1, -0.05) is 146 Å². The van der Waals surface area contributed by atoms with E-state index in [2.05, 4.69) is 234 Å². The van der Waals surface area contributed by atoms with Crippen molar-refractivity contribution >= 4 is 92.3 Å². The van der Waals surface area contributed by atoms with Gasteiger partial charge >= 0.3 is 0 Å². The van der Waals surface area contributed by atoms with Crippen molar-refractivity contribution in [2.45, 2.75) is 5.41 Å². The summed E-state index contributed by atoms with van der Waals surface area (Å²) in [6, 6.07) is 84.8. The van der Waals surface area contributed by atoms with Gasteiger partial charge < -0.3 is 13.9 Å². The Morgan fingerprint density at radius 2 is 0.923 bits per heavy atom. The largest absolute Gasteiger partial charge is 0.456 e. The molecular formula is C61H38N2OS. The van der Waals surface area contributed by atoms with Gasteiger partial charge in [-0.15, -0.1) is 11.3 Å². The van der Waals surface area contributed by atoms with Crippen molar-refractivity contribution in [1.29, 1.82) is 0 Å². The predicted molar refractivity (Wildman–Crippen MR) is 273 cm³/mol. The van der Waals surface area contributed by atoms with E-state index in [-0.39, 0.29) is 0 Å². The second kappa shape index (κ2) is 13.9. The summed E-state index contributed by atoms with van der Waals surface area (Å²) in [7, 11) is 0. The molecule has 0 atom stereocenters. The highest BCUT2D eigenvalue weighted by Gasteiger charge is 2.46. The molecule has 0 fully saturated rings. The lowest BCUT2D eigenvalue weighted by molar-refractivity contribution is 0.669. The van der Waals surface area contributed by atoms with Crippen LogP contribution in [0.2, 0.25) is 0 Å². The van der Waals surface area contributed by atoms with Gasteiger partial charge in [-0.3, -0.25) is 0 Å². The van der Waals surface area contributed by atoms with Crippen molar-refractivity contribution in [3.8, 4) is 16.8 Å². The first-order chi connectivity index (χ1) is 32.2. The minimum absolute atomic E-state index is 0.518. The molecule has 0 spiro atoms. The van der Waals surface area contributed by atoms with Crippen LogP contribution in [0.3, 0.4) is 0 Å². The van der Waals surface area contributed by atoms with E-state index in [1.54, 1.807) is 0 Å². The van der Waals surface area contributed by atoms with Crippen molar-refractivity contribution < 1.29 is 4.42 Å². The SMILES string of the molecule is c1ccc(-n2c3ccc(N(c4ccc5c(c4)sc4ccccc45)c4ccc5oc6ccccc6c5c4)cc3c3cc(C4(c5ccccc5)c5ccccc5-c5ccccc54)ccc32)cc1. The lowest BCUT2D eigenvalue weighted by Crippen LogP contribution is -2.28. The summed E-state index contributed by atoms with van der Waals surface area (Å²) in [5, 5.41) is 7.18. The van der Waals surface area contributed by atoms with Crippen molar-refractivity contribution in [3.63, 3.8) is 0 Å². The molecule has 0 aliphatic heterocycles. The summed E-state index contributed by atoms with van der Waals surface area (Å²) in [6.07, 6.45) is 0. The third kappa shape index (κ3) is 5.23. The Bertz CT molecular complexity index is 3980. The van der Waals surface area contributed by atoms with E-state index in [0.29, 0.717) is 0 Å². The fourth-order valence-electron chi connectivity index (χ4n) is 11.1. The second-order valence-electron chi connectivity index (χ2n) is 17.2. The van der Waals surface area contributed by atoms with Crippen LogP contribution in [0, 0.1) is 0 Å². The van der Waals surface area contributed by atoms with Crippen LogP contribution in [-0.2, 0) is 5.41 Å². The Kier molecular flexibility index (Phi) is 7.77. The smallest absolute Gasteiger partial charge is 0.135 e. The van der Waals surface area contributed by atoms with Crippen molar-refractivity contribution in [3.05, 3.63) is 253 Å². The fraction of sp³-hybridized carbons (Fsp3) is 0.0164. The van der Waals surface area contributed by atoms with Crippen LogP contribution >= 0.6 is 11.3 Å². The Balaban J connectivity index is 1.05. The number of aromatic nitrogens is 1. The Hall–Kier alpha value is -8.18. The molecule has 0 N–H and O–H groups in total. The van der Waals surface area contributed by atoms with Gasteiger partial charge in [-0.25, -0.2) is 0 Å².